The van der Waals surface area contributed by atoms with Gasteiger partial charge in [0, 0.05) is 40.7 Å². The lowest BCUT2D eigenvalue weighted by Crippen LogP contribution is -2.24. The zero-order chi connectivity index (χ0) is 22.6. The number of sulfone groups is 1. The third-order valence-corrected chi connectivity index (χ3v) is 6.95. The van der Waals surface area contributed by atoms with Crippen LogP contribution >= 0.6 is 35.6 Å². The number of hydroxylamine groups is 2. The Morgan fingerprint density at radius 3 is 2.35 bits per heavy atom. The van der Waals surface area contributed by atoms with Gasteiger partial charge >= 0.3 is 0 Å². The van der Waals surface area contributed by atoms with Crippen LogP contribution in [0.1, 0.15) is 19.8 Å². The maximum atomic E-state index is 11.8. The van der Waals surface area contributed by atoms with E-state index in [2.05, 4.69) is 4.98 Å². The van der Waals surface area contributed by atoms with Gasteiger partial charge in [-0.05, 0) is 55.0 Å². The number of aromatic nitrogens is 1. The molecule has 6 nitrogen and oxygen atoms in total. The first-order valence-corrected chi connectivity index (χ1v) is 12.9. The van der Waals surface area contributed by atoms with Crippen molar-refractivity contribution in [3.8, 4) is 22.6 Å². The number of unbranched alkanes of at least 4 members (excludes halogenated alkanes) is 1. The topological polar surface area (TPSA) is 83.6 Å². The number of nitrogens with zero attached hydrogens (tertiary/aromatic N) is 2. The van der Waals surface area contributed by atoms with Gasteiger partial charge in [0.15, 0.2) is 19.9 Å². The SMILES string of the molecule is CCCCN(O)C(=S)Sc1nc(-c2ccc(S(C)(=O)=O)cc2)c(-c2ccc(Cl)cc2)o1. The second-order valence-corrected chi connectivity index (χ2v) is 10.8. The Morgan fingerprint density at radius 1 is 1.16 bits per heavy atom. The van der Waals surface area contributed by atoms with Crippen molar-refractivity contribution in [2.75, 3.05) is 12.8 Å². The molecule has 0 atom stereocenters. The minimum Gasteiger partial charge on any atom is -0.430 e. The van der Waals surface area contributed by atoms with Crippen molar-refractivity contribution < 1.29 is 18.0 Å². The third-order valence-electron chi connectivity index (χ3n) is 4.38. The summed E-state index contributed by atoms with van der Waals surface area (Å²) in [5, 5.41) is 12.0. The largest absolute Gasteiger partial charge is 0.430 e. The Labute approximate surface area is 196 Å². The molecule has 0 amide bonds. The van der Waals surface area contributed by atoms with Gasteiger partial charge in [0.2, 0.25) is 0 Å². The lowest BCUT2D eigenvalue weighted by Gasteiger charge is -2.14. The second-order valence-electron chi connectivity index (χ2n) is 6.81. The van der Waals surface area contributed by atoms with Crippen molar-refractivity contribution in [1.82, 2.24) is 10.0 Å². The van der Waals surface area contributed by atoms with Crippen molar-refractivity contribution in [3.63, 3.8) is 0 Å². The number of rotatable bonds is 7. The molecule has 0 radical (unpaired) electrons. The summed E-state index contributed by atoms with van der Waals surface area (Å²) in [6.45, 7) is 2.45. The zero-order valence-electron chi connectivity index (χ0n) is 16.9. The Hall–Kier alpha value is -1.91. The van der Waals surface area contributed by atoms with Gasteiger partial charge in [-0.15, -0.1) is 0 Å². The van der Waals surface area contributed by atoms with Gasteiger partial charge in [0.1, 0.15) is 5.69 Å². The summed E-state index contributed by atoms with van der Waals surface area (Å²) in [5.41, 5.74) is 1.97. The van der Waals surface area contributed by atoms with E-state index >= 15 is 0 Å². The molecular weight excluding hydrogens is 476 g/mol. The molecule has 10 heteroatoms. The van der Waals surface area contributed by atoms with Crippen LogP contribution in [0.2, 0.25) is 5.02 Å². The van der Waals surface area contributed by atoms with Gasteiger partial charge < -0.3 is 4.42 Å². The van der Waals surface area contributed by atoms with Crippen LogP contribution in [0.5, 0.6) is 0 Å². The smallest absolute Gasteiger partial charge is 0.264 e. The lowest BCUT2D eigenvalue weighted by atomic mass is 10.1. The Morgan fingerprint density at radius 2 is 1.77 bits per heavy atom. The number of halogens is 1. The summed E-state index contributed by atoms with van der Waals surface area (Å²) >= 11 is 12.3. The van der Waals surface area contributed by atoms with E-state index in [9.17, 15) is 13.6 Å². The number of hydrogen-bond acceptors (Lipinski definition) is 7. The fourth-order valence-electron chi connectivity index (χ4n) is 2.72. The van der Waals surface area contributed by atoms with Crippen LogP contribution in [0.25, 0.3) is 22.6 Å². The maximum Gasteiger partial charge on any atom is 0.264 e. The maximum absolute atomic E-state index is 11.8. The van der Waals surface area contributed by atoms with Gasteiger partial charge in [0.25, 0.3) is 5.22 Å². The van der Waals surface area contributed by atoms with Gasteiger partial charge in [-0.1, -0.05) is 37.1 Å². The van der Waals surface area contributed by atoms with Crippen LogP contribution in [0, 0.1) is 0 Å². The molecule has 0 spiro atoms. The van der Waals surface area contributed by atoms with Gasteiger partial charge in [-0.3, -0.25) is 5.21 Å². The van der Waals surface area contributed by atoms with Crippen LogP contribution in [0.15, 0.2) is 63.1 Å². The summed E-state index contributed by atoms with van der Waals surface area (Å²) in [6, 6.07) is 13.5. The molecule has 0 fully saturated rings. The average Bonchev–Trinajstić information content (AvgIpc) is 3.15. The van der Waals surface area contributed by atoms with E-state index in [1.165, 1.54) is 12.1 Å². The minimum absolute atomic E-state index is 0.218. The monoisotopic (exact) mass is 496 g/mol. The fourth-order valence-corrected chi connectivity index (χ4v) is 4.39. The predicted octanol–water partition coefficient (Wildman–Crippen LogP) is 5.93. The zero-order valence-corrected chi connectivity index (χ0v) is 20.1. The molecular formula is C21H21ClN2O4S3. The van der Waals surface area contributed by atoms with E-state index in [0.717, 1.165) is 41.5 Å². The first-order chi connectivity index (χ1) is 14.7. The lowest BCUT2D eigenvalue weighted by molar-refractivity contribution is -0.00878. The Kier molecular flexibility index (Phi) is 7.77. The molecule has 0 aliphatic carbocycles. The molecule has 3 rings (SSSR count). The highest BCUT2D eigenvalue weighted by molar-refractivity contribution is 8.22. The standard InChI is InChI=1S/C21H21ClN2O4S3/c1-3-4-13-24(25)21(29)30-20-23-18(14-7-11-17(12-8-14)31(2,26)27)19(28-20)15-5-9-16(22)10-6-15/h5-12,25H,3-4,13H2,1-2H3. The van der Waals surface area contributed by atoms with E-state index in [-0.39, 0.29) is 14.4 Å². The van der Waals surface area contributed by atoms with Crippen LogP contribution in [-0.4, -0.2) is 40.8 Å². The summed E-state index contributed by atoms with van der Waals surface area (Å²) in [5.74, 6) is 0.493. The second kappa shape index (κ2) is 10.1. The first kappa shape index (κ1) is 23.7. The molecule has 0 saturated carbocycles. The summed E-state index contributed by atoms with van der Waals surface area (Å²) in [6.07, 6.45) is 2.89. The van der Waals surface area contributed by atoms with E-state index in [0.29, 0.717) is 28.6 Å². The van der Waals surface area contributed by atoms with Crippen LogP contribution < -0.4 is 0 Å². The normalized spacial score (nSPS) is 11.5. The summed E-state index contributed by atoms with van der Waals surface area (Å²) in [4.78, 5) is 4.78. The van der Waals surface area contributed by atoms with Crippen molar-refractivity contribution in [3.05, 3.63) is 53.6 Å². The Bertz CT molecular complexity index is 1160. The molecule has 0 aliphatic rings. The number of thiocarbonyl (C=S) groups is 1. The van der Waals surface area contributed by atoms with E-state index in [4.69, 9.17) is 28.2 Å². The van der Waals surface area contributed by atoms with E-state index in [1.54, 1.807) is 24.3 Å². The molecule has 164 valence electrons. The van der Waals surface area contributed by atoms with E-state index < -0.39 is 9.84 Å². The van der Waals surface area contributed by atoms with Crippen molar-refractivity contribution in [2.24, 2.45) is 0 Å². The molecule has 1 heterocycles. The van der Waals surface area contributed by atoms with Crippen LogP contribution in [0.4, 0.5) is 0 Å². The molecule has 0 saturated heterocycles. The highest BCUT2D eigenvalue weighted by Gasteiger charge is 2.20. The molecule has 1 aromatic heterocycles. The van der Waals surface area contributed by atoms with Gasteiger partial charge in [0.05, 0.1) is 4.90 Å². The van der Waals surface area contributed by atoms with Gasteiger partial charge in [-0.25, -0.2) is 18.5 Å². The van der Waals surface area contributed by atoms with Gasteiger partial charge in [-0.2, -0.15) is 0 Å². The molecule has 0 aliphatic heterocycles. The highest BCUT2D eigenvalue weighted by atomic mass is 35.5. The molecule has 0 unspecified atom stereocenters. The van der Waals surface area contributed by atoms with Crippen molar-refractivity contribution in [1.29, 1.82) is 0 Å². The molecule has 1 N–H and O–H groups in total. The minimum atomic E-state index is -3.31. The highest BCUT2D eigenvalue weighted by Crippen LogP contribution is 2.37. The van der Waals surface area contributed by atoms with Crippen molar-refractivity contribution >= 4 is 49.7 Å². The Balaban J connectivity index is 1.98. The molecule has 31 heavy (non-hydrogen) atoms. The van der Waals surface area contributed by atoms with Crippen LogP contribution in [0.3, 0.4) is 0 Å². The number of oxazole rings is 1. The van der Waals surface area contributed by atoms with E-state index in [1.807, 2.05) is 19.1 Å². The number of benzene rings is 2. The third kappa shape index (κ3) is 6.08. The van der Waals surface area contributed by atoms with Crippen molar-refractivity contribution in [2.45, 2.75) is 29.9 Å². The first-order valence-electron chi connectivity index (χ1n) is 9.44. The quantitative estimate of drug-likeness (QED) is 0.244. The molecule has 0 bridgehead atoms. The number of thioether (sulfide) groups is 1. The molecule has 2 aromatic carbocycles. The fraction of sp³-hybridized carbons (Fsp3) is 0.238. The number of hydrogen-bond donors (Lipinski definition) is 1. The van der Waals surface area contributed by atoms with Crippen LogP contribution in [-0.2, 0) is 9.84 Å². The predicted molar refractivity (Wildman–Crippen MR) is 127 cm³/mol. The molecule has 3 aromatic rings. The summed E-state index contributed by atoms with van der Waals surface area (Å²) < 4.78 is 29.8. The average molecular weight is 497 g/mol. The summed E-state index contributed by atoms with van der Waals surface area (Å²) in [7, 11) is -3.31.